The average Bonchev–Trinajstić information content (AvgIpc) is 2.88. The highest BCUT2D eigenvalue weighted by atomic mass is 19.1. The van der Waals surface area contributed by atoms with Gasteiger partial charge in [-0.3, -0.25) is 0 Å². The summed E-state index contributed by atoms with van der Waals surface area (Å²) in [5, 5.41) is 3.33. The van der Waals surface area contributed by atoms with Gasteiger partial charge in [0.05, 0.1) is 6.26 Å². The number of aryl methyl sites for hydroxylation is 1. The summed E-state index contributed by atoms with van der Waals surface area (Å²) in [6, 6.07) is 6.67. The largest absolute Gasteiger partial charge is 0.486 e. The highest BCUT2D eigenvalue weighted by Gasteiger charge is 2.07. The van der Waals surface area contributed by atoms with Gasteiger partial charge in [0.15, 0.2) is 0 Å². The van der Waals surface area contributed by atoms with Crippen LogP contribution in [0.5, 0.6) is 5.75 Å². The molecule has 0 aliphatic carbocycles. The molecule has 0 radical (unpaired) electrons. The van der Waals surface area contributed by atoms with E-state index in [1.807, 2.05) is 6.07 Å². The third-order valence-corrected chi connectivity index (χ3v) is 3.08. The van der Waals surface area contributed by atoms with Crippen LogP contribution >= 0.6 is 0 Å². The lowest BCUT2D eigenvalue weighted by atomic mass is 10.2. The number of halogens is 1. The predicted octanol–water partition coefficient (Wildman–Crippen LogP) is 3.81. The zero-order chi connectivity index (χ0) is 14.4. The molecule has 1 N–H and O–H groups in total. The van der Waals surface area contributed by atoms with Crippen molar-refractivity contribution in [3.63, 3.8) is 0 Å². The summed E-state index contributed by atoms with van der Waals surface area (Å²) in [7, 11) is 0. The van der Waals surface area contributed by atoms with Crippen LogP contribution in [0.3, 0.4) is 0 Å². The van der Waals surface area contributed by atoms with Crippen LogP contribution in [0.2, 0.25) is 0 Å². The normalized spacial score (nSPS) is 10.8. The second kappa shape index (κ2) is 7.10. The Balaban J connectivity index is 1.93. The van der Waals surface area contributed by atoms with Gasteiger partial charge in [0, 0.05) is 12.1 Å². The monoisotopic (exact) mass is 277 g/mol. The Labute approximate surface area is 118 Å². The Morgan fingerprint density at radius 2 is 2.15 bits per heavy atom. The SMILES string of the molecule is CCCNCc1ccoc1COc1ccc(F)c(C)c1. The average molecular weight is 277 g/mol. The van der Waals surface area contributed by atoms with E-state index in [1.165, 1.54) is 6.07 Å². The van der Waals surface area contributed by atoms with Crippen molar-refractivity contribution in [1.82, 2.24) is 5.32 Å². The van der Waals surface area contributed by atoms with Crippen molar-refractivity contribution < 1.29 is 13.5 Å². The zero-order valence-corrected chi connectivity index (χ0v) is 11.9. The smallest absolute Gasteiger partial charge is 0.146 e. The van der Waals surface area contributed by atoms with Crippen LogP contribution in [0, 0.1) is 12.7 Å². The van der Waals surface area contributed by atoms with Gasteiger partial charge in [0.1, 0.15) is 23.9 Å². The molecule has 3 nitrogen and oxygen atoms in total. The lowest BCUT2D eigenvalue weighted by Crippen LogP contribution is -2.14. The number of benzene rings is 1. The number of nitrogens with one attached hydrogen (secondary N) is 1. The lowest BCUT2D eigenvalue weighted by Gasteiger charge is -2.08. The fourth-order valence-electron chi connectivity index (χ4n) is 1.91. The van der Waals surface area contributed by atoms with Gasteiger partial charge in [0.2, 0.25) is 0 Å². The molecule has 0 aliphatic heterocycles. The summed E-state index contributed by atoms with van der Waals surface area (Å²) in [5.74, 6) is 1.23. The first-order valence-corrected chi connectivity index (χ1v) is 6.85. The van der Waals surface area contributed by atoms with Gasteiger partial charge < -0.3 is 14.5 Å². The number of hydrogen-bond donors (Lipinski definition) is 1. The van der Waals surface area contributed by atoms with Crippen LogP contribution in [-0.4, -0.2) is 6.54 Å². The number of rotatable bonds is 7. The minimum absolute atomic E-state index is 0.222. The molecule has 1 aromatic carbocycles. The van der Waals surface area contributed by atoms with Crippen molar-refractivity contribution >= 4 is 0 Å². The van der Waals surface area contributed by atoms with Gasteiger partial charge in [0.25, 0.3) is 0 Å². The van der Waals surface area contributed by atoms with E-state index in [0.717, 1.165) is 30.8 Å². The van der Waals surface area contributed by atoms with Crippen LogP contribution in [0.15, 0.2) is 34.9 Å². The first-order valence-electron chi connectivity index (χ1n) is 6.85. The first-order chi connectivity index (χ1) is 9.70. The minimum atomic E-state index is -0.222. The molecule has 0 aliphatic rings. The van der Waals surface area contributed by atoms with Crippen LogP contribution in [-0.2, 0) is 13.2 Å². The maximum Gasteiger partial charge on any atom is 0.146 e. The van der Waals surface area contributed by atoms with E-state index in [1.54, 1.807) is 25.3 Å². The van der Waals surface area contributed by atoms with Gasteiger partial charge >= 0.3 is 0 Å². The Morgan fingerprint density at radius 3 is 2.90 bits per heavy atom. The van der Waals surface area contributed by atoms with Crippen LogP contribution in [0.25, 0.3) is 0 Å². The number of ether oxygens (including phenoxy) is 1. The van der Waals surface area contributed by atoms with Crippen LogP contribution in [0.1, 0.15) is 30.2 Å². The molecule has 0 fully saturated rings. The van der Waals surface area contributed by atoms with Crippen molar-refractivity contribution in [2.75, 3.05) is 6.54 Å². The molecule has 0 unspecified atom stereocenters. The van der Waals surface area contributed by atoms with E-state index in [2.05, 4.69) is 12.2 Å². The highest BCUT2D eigenvalue weighted by Crippen LogP contribution is 2.19. The molecular weight excluding hydrogens is 257 g/mol. The first kappa shape index (κ1) is 14.6. The Hall–Kier alpha value is -1.81. The molecule has 1 heterocycles. The summed E-state index contributed by atoms with van der Waals surface area (Å²) in [6.45, 7) is 5.94. The van der Waals surface area contributed by atoms with Gasteiger partial charge in [-0.25, -0.2) is 4.39 Å². The second-order valence-corrected chi connectivity index (χ2v) is 4.75. The molecule has 108 valence electrons. The number of hydrogen-bond acceptors (Lipinski definition) is 3. The molecule has 20 heavy (non-hydrogen) atoms. The van der Waals surface area contributed by atoms with Crippen molar-refractivity contribution in [1.29, 1.82) is 0 Å². The van der Waals surface area contributed by atoms with Crippen molar-refractivity contribution in [2.45, 2.75) is 33.4 Å². The van der Waals surface area contributed by atoms with Gasteiger partial charge in [-0.15, -0.1) is 0 Å². The summed E-state index contributed by atoms with van der Waals surface area (Å²) in [6.07, 6.45) is 2.76. The fraction of sp³-hybridized carbons (Fsp3) is 0.375. The minimum Gasteiger partial charge on any atom is -0.486 e. The van der Waals surface area contributed by atoms with Gasteiger partial charge in [-0.05, 0) is 49.7 Å². The molecule has 1 aromatic heterocycles. The van der Waals surface area contributed by atoms with Gasteiger partial charge in [-0.1, -0.05) is 6.92 Å². The van der Waals surface area contributed by atoms with E-state index >= 15 is 0 Å². The third kappa shape index (κ3) is 3.84. The maximum absolute atomic E-state index is 13.2. The molecular formula is C16H20FNO2. The zero-order valence-electron chi connectivity index (χ0n) is 11.9. The van der Waals surface area contributed by atoms with E-state index in [4.69, 9.17) is 9.15 Å². The van der Waals surface area contributed by atoms with Gasteiger partial charge in [-0.2, -0.15) is 0 Å². The second-order valence-electron chi connectivity index (χ2n) is 4.75. The fourth-order valence-corrected chi connectivity index (χ4v) is 1.91. The van der Waals surface area contributed by atoms with Crippen molar-refractivity contribution in [3.05, 3.63) is 53.2 Å². The van der Waals surface area contributed by atoms with Crippen molar-refractivity contribution in [2.24, 2.45) is 0 Å². The Bertz CT molecular complexity index is 551. The molecule has 0 saturated heterocycles. The molecule has 0 spiro atoms. The van der Waals surface area contributed by atoms with Crippen LogP contribution in [0.4, 0.5) is 4.39 Å². The molecule has 0 saturated carbocycles. The van der Waals surface area contributed by atoms with E-state index < -0.39 is 0 Å². The predicted molar refractivity (Wildman–Crippen MR) is 76.2 cm³/mol. The quantitative estimate of drug-likeness (QED) is 0.782. The number of furan rings is 1. The summed E-state index contributed by atoms with van der Waals surface area (Å²) in [5.41, 5.74) is 1.67. The summed E-state index contributed by atoms with van der Waals surface area (Å²) >= 11 is 0. The summed E-state index contributed by atoms with van der Waals surface area (Å²) in [4.78, 5) is 0. The lowest BCUT2D eigenvalue weighted by molar-refractivity contribution is 0.267. The Kier molecular flexibility index (Phi) is 5.18. The molecule has 0 bridgehead atoms. The molecule has 0 amide bonds. The van der Waals surface area contributed by atoms with E-state index in [-0.39, 0.29) is 5.82 Å². The molecule has 4 heteroatoms. The standard InChI is InChI=1S/C16H20FNO2/c1-3-7-18-10-13-6-8-19-16(13)11-20-14-4-5-15(17)12(2)9-14/h4-6,8-9,18H,3,7,10-11H2,1-2H3. The molecule has 2 rings (SSSR count). The van der Waals surface area contributed by atoms with Crippen LogP contribution < -0.4 is 10.1 Å². The van der Waals surface area contributed by atoms with Crippen molar-refractivity contribution in [3.8, 4) is 5.75 Å². The van der Waals surface area contributed by atoms with E-state index in [9.17, 15) is 4.39 Å². The highest BCUT2D eigenvalue weighted by molar-refractivity contribution is 5.29. The summed E-state index contributed by atoms with van der Waals surface area (Å²) < 4.78 is 24.2. The maximum atomic E-state index is 13.2. The molecule has 2 aromatic rings. The molecule has 0 atom stereocenters. The Morgan fingerprint density at radius 1 is 1.30 bits per heavy atom. The topological polar surface area (TPSA) is 34.4 Å². The third-order valence-electron chi connectivity index (χ3n) is 3.08. The van der Waals surface area contributed by atoms with E-state index in [0.29, 0.717) is 17.9 Å².